The Morgan fingerprint density at radius 1 is 1.60 bits per heavy atom. The first-order valence-electron chi connectivity index (χ1n) is 2.96. The molecule has 10 heavy (non-hydrogen) atoms. The van der Waals surface area contributed by atoms with Crippen LogP contribution >= 0.6 is 0 Å². The lowest BCUT2D eigenvalue weighted by Crippen LogP contribution is -2.48. The van der Waals surface area contributed by atoms with E-state index in [1.165, 1.54) is 12.1 Å². The van der Waals surface area contributed by atoms with Crippen LogP contribution in [0.1, 0.15) is 6.92 Å². The largest absolute Gasteiger partial charge is 0.569 e. The second-order valence-corrected chi connectivity index (χ2v) is 2.44. The average molecular weight is 146 g/mol. The molecule has 0 aromatic carbocycles. The molecule has 0 heterocycles. The van der Waals surface area contributed by atoms with Crippen molar-refractivity contribution in [1.82, 2.24) is 5.01 Å². The van der Waals surface area contributed by atoms with Gasteiger partial charge in [-0.3, -0.25) is 4.84 Å². The highest BCUT2D eigenvalue weighted by atomic mass is 17.0. The second kappa shape index (κ2) is 3.01. The van der Waals surface area contributed by atoms with Gasteiger partial charge in [0, 0.05) is 14.1 Å². The fourth-order valence-electron chi connectivity index (χ4n) is 0.371. The van der Waals surface area contributed by atoms with Crippen LogP contribution in [0.5, 0.6) is 0 Å². The van der Waals surface area contributed by atoms with Gasteiger partial charge in [0.2, 0.25) is 0 Å². The van der Waals surface area contributed by atoms with Gasteiger partial charge in [-0.25, -0.2) is 0 Å². The number of hydrogen-bond acceptors (Lipinski definition) is 3. The molecule has 4 heteroatoms. The zero-order valence-corrected chi connectivity index (χ0v) is 6.92. The topological polar surface area (TPSA) is 35.5 Å². The van der Waals surface area contributed by atoms with Crippen molar-refractivity contribution >= 4 is 0 Å². The maximum Gasteiger partial charge on any atom is 0.160 e. The summed E-state index contributed by atoms with van der Waals surface area (Å²) < 4.78 is 0. The fourth-order valence-corrected chi connectivity index (χ4v) is 0.371. The lowest BCUT2D eigenvalue weighted by molar-refractivity contribution is -1.13. The van der Waals surface area contributed by atoms with Gasteiger partial charge in [0.1, 0.15) is 7.05 Å². The van der Waals surface area contributed by atoms with Gasteiger partial charge in [0.15, 0.2) is 5.76 Å². The Kier molecular flexibility index (Phi) is 2.83. The van der Waals surface area contributed by atoms with Crippen LogP contribution in [0.3, 0.4) is 0 Å². The van der Waals surface area contributed by atoms with Crippen LogP contribution in [-0.2, 0) is 4.84 Å². The van der Waals surface area contributed by atoms with Crippen LogP contribution in [0.4, 0.5) is 0 Å². The highest BCUT2D eigenvalue weighted by molar-refractivity contribution is 4.70. The lowest BCUT2D eigenvalue weighted by Gasteiger charge is -2.38. The fraction of sp³-hybridized carbons (Fsp3) is 0.667. The van der Waals surface area contributed by atoms with Crippen molar-refractivity contribution < 1.29 is 9.76 Å². The lowest BCUT2D eigenvalue weighted by atomic mass is 10.7. The monoisotopic (exact) mass is 146 g/mol. The molecule has 0 saturated carbocycles. The van der Waals surface area contributed by atoms with Gasteiger partial charge in [-0.15, -0.1) is 5.01 Å². The normalized spacial score (nSPS) is 16.6. The van der Waals surface area contributed by atoms with Crippen molar-refractivity contribution in [2.75, 3.05) is 21.1 Å². The average Bonchev–Trinajstić information content (AvgIpc) is 1.60. The molecule has 0 amide bonds. The number of nitrogens with zero attached hydrogens (tertiary/aromatic N) is 2. The summed E-state index contributed by atoms with van der Waals surface area (Å²) in [5, 5.41) is 12.6. The number of quaternary nitrogens is 1. The predicted molar refractivity (Wildman–Crippen MR) is 39.1 cm³/mol. The molecule has 0 bridgehead atoms. The van der Waals surface area contributed by atoms with Gasteiger partial charge in [0.05, 0.1) is 0 Å². The third-order valence-electron chi connectivity index (χ3n) is 1.05. The van der Waals surface area contributed by atoms with Gasteiger partial charge in [0.25, 0.3) is 0 Å². The van der Waals surface area contributed by atoms with Crippen LogP contribution in [0.2, 0.25) is 0 Å². The van der Waals surface area contributed by atoms with Crippen molar-refractivity contribution in [3.8, 4) is 0 Å². The summed E-state index contributed by atoms with van der Waals surface area (Å²) in [6.45, 7) is 5.10. The molecule has 1 unspecified atom stereocenters. The molecule has 0 rings (SSSR count). The highest BCUT2D eigenvalue weighted by Crippen LogP contribution is 2.07. The van der Waals surface area contributed by atoms with Crippen LogP contribution in [0.15, 0.2) is 12.3 Å². The molecular formula is C6H14N2O2. The summed E-state index contributed by atoms with van der Waals surface area (Å²) >= 11 is 0. The van der Waals surface area contributed by atoms with Crippen molar-refractivity contribution in [2.24, 2.45) is 0 Å². The summed E-state index contributed by atoms with van der Waals surface area (Å²) in [6.07, 6.45) is 0. The summed E-state index contributed by atoms with van der Waals surface area (Å²) in [5.41, 5.74) is 0. The summed E-state index contributed by atoms with van der Waals surface area (Å²) in [7, 11) is 4.65. The molecular weight excluding hydrogens is 132 g/mol. The SMILES string of the molecule is C=C(C)O[N+](C)([O-])N(C)C. The van der Waals surface area contributed by atoms with Gasteiger partial charge >= 0.3 is 0 Å². The van der Waals surface area contributed by atoms with E-state index in [0.29, 0.717) is 5.76 Å². The highest BCUT2D eigenvalue weighted by Gasteiger charge is 2.14. The van der Waals surface area contributed by atoms with E-state index < -0.39 is 4.92 Å². The maximum atomic E-state index is 11.2. The molecule has 0 radical (unpaired) electrons. The zero-order valence-electron chi connectivity index (χ0n) is 6.92. The van der Waals surface area contributed by atoms with Crippen LogP contribution in [0.25, 0.3) is 0 Å². The molecule has 1 atom stereocenters. The van der Waals surface area contributed by atoms with Crippen molar-refractivity contribution in [3.05, 3.63) is 17.5 Å². The van der Waals surface area contributed by atoms with Gasteiger partial charge < -0.3 is 5.21 Å². The second-order valence-electron chi connectivity index (χ2n) is 2.44. The Labute approximate surface area is 61.4 Å². The van der Waals surface area contributed by atoms with E-state index in [4.69, 9.17) is 4.84 Å². The Morgan fingerprint density at radius 3 is 2.10 bits per heavy atom. The minimum absolute atomic E-state index is 0.409. The summed E-state index contributed by atoms with van der Waals surface area (Å²) in [6, 6.07) is 0. The Morgan fingerprint density at radius 2 is 2.00 bits per heavy atom. The molecule has 0 aliphatic rings. The third-order valence-corrected chi connectivity index (χ3v) is 1.05. The minimum Gasteiger partial charge on any atom is -0.569 e. The van der Waals surface area contributed by atoms with Crippen molar-refractivity contribution in [1.29, 1.82) is 0 Å². The number of hydroxylamine groups is 2. The Bertz CT molecular complexity index is 132. The molecule has 0 saturated heterocycles. The number of hydrogen-bond donors (Lipinski definition) is 0. The summed E-state index contributed by atoms with van der Waals surface area (Å²) in [5.74, 6) is 0.409. The van der Waals surface area contributed by atoms with Crippen LogP contribution in [0, 0.1) is 5.21 Å². The summed E-state index contributed by atoms with van der Waals surface area (Å²) in [4.78, 5) is 3.93. The zero-order chi connectivity index (χ0) is 8.36. The molecule has 0 aliphatic heterocycles. The number of allylic oxidation sites excluding steroid dienone is 1. The first-order chi connectivity index (χ1) is 4.36. The first-order valence-corrected chi connectivity index (χ1v) is 2.96. The smallest absolute Gasteiger partial charge is 0.160 e. The molecule has 4 nitrogen and oxygen atoms in total. The van der Waals surface area contributed by atoms with Crippen LogP contribution < -0.4 is 0 Å². The third kappa shape index (κ3) is 2.82. The van der Waals surface area contributed by atoms with E-state index in [0.717, 1.165) is 0 Å². The van der Waals surface area contributed by atoms with Crippen molar-refractivity contribution in [2.45, 2.75) is 6.92 Å². The van der Waals surface area contributed by atoms with Gasteiger partial charge in [-0.05, 0) is 6.92 Å². The molecule has 0 N–H and O–H groups in total. The molecule has 0 aliphatic carbocycles. The van der Waals surface area contributed by atoms with E-state index in [2.05, 4.69) is 6.58 Å². The maximum absolute atomic E-state index is 11.2. The molecule has 0 fully saturated rings. The molecule has 0 spiro atoms. The number of rotatable bonds is 3. The van der Waals surface area contributed by atoms with E-state index in [1.807, 2.05) is 0 Å². The van der Waals surface area contributed by atoms with E-state index >= 15 is 0 Å². The van der Waals surface area contributed by atoms with Gasteiger partial charge in [-0.2, -0.15) is 0 Å². The minimum atomic E-state index is -0.880. The van der Waals surface area contributed by atoms with Gasteiger partial charge in [-0.1, -0.05) is 11.5 Å². The van der Waals surface area contributed by atoms with E-state index in [1.54, 1.807) is 21.0 Å². The molecule has 60 valence electrons. The molecule has 0 aromatic heterocycles. The first kappa shape index (κ1) is 9.42. The van der Waals surface area contributed by atoms with Crippen LogP contribution in [-0.4, -0.2) is 31.1 Å². The van der Waals surface area contributed by atoms with Crippen molar-refractivity contribution in [3.63, 3.8) is 0 Å². The standard InChI is InChI=1S/C6H14N2O2/c1-6(2)10-8(5,9)7(3)4/h1H2,2-5H3. The quantitative estimate of drug-likeness (QED) is 0.337. The molecule has 0 aromatic rings. The Hall–Kier alpha value is -0.580. The van der Waals surface area contributed by atoms with E-state index in [-0.39, 0.29) is 0 Å². The van der Waals surface area contributed by atoms with E-state index in [9.17, 15) is 5.21 Å². The Balaban J connectivity index is 3.99. The predicted octanol–water partition coefficient (Wildman–Crippen LogP) is 0.873.